The second-order valence-corrected chi connectivity index (χ2v) is 6.25. The predicted molar refractivity (Wildman–Crippen MR) is 95.3 cm³/mol. The lowest BCUT2D eigenvalue weighted by atomic mass is 10.2. The van der Waals surface area contributed by atoms with Crippen molar-refractivity contribution in [3.05, 3.63) is 28.8 Å². The highest BCUT2D eigenvalue weighted by atomic mass is 16.5. The third-order valence-electron chi connectivity index (χ3n) is 4.62. The average Bonchev–Trinajstić information content (AvgIpc) is 3.15. The first kappa shape index (κ1) is 18.1. The Labute approximate surface area is 151 Å². The molecule has 1 aliphatic heterocycles. The van der Waals surface area contributed by atoms with Crippen molar-refractivity contribution in [1.29, 1.82) is 0 Å². The summed E-state index contributed by atoms with van der Waals surface area (Å²) in [7, 11) is 1.79. The number of amides is 2. The largest absolute Gasteiger partial charge is 0.378 e. The summed E-state index contributed by atoms with van der Waals surface area (Å²) in [6, 6.07) is 0. The standard InChI is InChI=1S/C17H24N6O3/c1-5-23-15(17(25)22-6-8-26-9-7-22)13(10-18-23)19-16(24)14-11(2)20-21(4)12(14)3/h10H,5-9H2,1-4H3,(H,19,24). The van der Waals surface area contributed by atoms with Crippen LogP contribution in [-0.4, -0.2) is 62.6 Å². The van der Waals surface area contributed by atoms with Gasteiger partial charge in [0.1, 0.15) is 5.69 Å². The molecule has 0 saturated carbocycles. The summed E-state index contributed by atoms with van der Waals surface area (Å²) in [5, 5.41) is 11.4. The Hall–Kier alpha value is -2.68. The van der Waals surface area contributed by atoms with Gasteiger partial charge in [0, 0.05) is 32.4 Å². The van der Waals surface area contributed by atoms with Gasteiger partial charge in [0.25, 0.3) is 11.8 Å². The van der Waals surface area contributed by atoms with Gasteiger partial charge in [-0.1, -0.05) is 0 Å². The molecular weight excluding hydrogens is 336 g/mol. The molecule has 2 aromatic heterocycles. The molecule has 140 valence electrons. The molecule has 1 N–H and O–H groups in total. The highest BCUT2D eigenvalue weighted by Crippen LogP contribution is 2.21. The van der Waals surface area contributed by atoms with E-state index >= 15 is 0 Å². The summed E-state index contributed by atoms with van der Waals surface area (Å²) in [5.74, 6) is -0.442. The molecule has 1 aliphatic rings. The monoisotopic (exact) mass is 360 g/mol. The lowest BCUT2D eigenvalue weighted by Gasteiger charge is -2.27. The van der Waals surface area contributed by atoms with Crippen molar-refractivity contribution in [3.63, 3.8) is 0 Å². The van der Waals surface area contributed by atoms with Crippen molar-refractivity contribution < 1.29 is 14.3 Å². The molecule has 3 rings (SSSR count). The second-order valence-electron chi connectivity index (χ2n) is 6.25. The van der Waals surface area contributed by atoms with E-state index in [1.54, 1.807) is 28.2 Å². The summed E-state index contributed by atoms with van der Waals surface area (Å²) in [4.78, 5) is 27.5. The topological polar surface area (TPSA) is 94.3 Å². The van der Waals surface area contributed by atoms with Gasteiger partial charge in [-0.3, -0.25) is 19.0 Å². The zero-order chi connectivity index (χ0) is 18.8. The van der Waals surface area contributed by atoms with Crippen molar-refractivity contribution in [2.45, 2.75) is 27.3 Å². The van der Waals surface area contributed by atoms with E-state index in [4.69, 9.17) is 4.74 Å². The fourth-order valence-corrected chi connectivity index (χ4v) is 3.15. The number of carbonyl (C=O) groups is 2. The molecule has 1 saturated heterocycles. The number of ether oxygens (including phenoxy) is 1. The molecule has 0 radical (unpaired) electrons. The molecule has 26 heavy (non-hydrogen) atoms. The molecule has 0 unspecified atom stereocenters. The summed E-state index contributed by atoms with van der Waals surface area (Å²) in [6.45, 7) is 8.16. The van der Waals surface area contributed by atoms with Gasteiger partial charge < -0.3 is 15.0 Å². The number of aromatic nitrogens is 4. The zero-order valence-electron chi connectivity index (χ0n) is 15.6. The third-order valence-corrected chi connectivity index (χ3v) is 4.62. The van der Waals surface area contributed by atoms with Crippen molar-refractivity contribution in [1.82, 2.24) is 24.5 Å². The van der Waals surface area contributed by atoms with Crippen LogP contribution in [-0.2, 0) is 18.3 Å². The number of anilines is 1. The number of aryl methyl sites for hydroxylation is 3. The zero-order valence-corrected chi connectivity index (χ0v) is 15.6. The summed E-state index contributed by atoms with van der Waals surface area (Å²) < 4.78 is 8.58. The predicted octanol–water partition coefficient (Wildman–Crippen LogP) is 0.978. The van der Waals surface area contributed by atoms with E-state index in [0.717, 1.165) is 5.69 Å². The fourth-order valence-electron chi connectivity index (χ4n) is 3.15. The maximum absolute atomic E-state index is 13.0. The fraction of sp³-hybridized carbons (Fsp3) is 0.529. The van der Waals surface area contributed by atoms with Gasteiger partial charge in [-0.05, 0) is 20.8 Å². The Kier molecular flexibility index (Phi) is 5.08. The Morgan fingerprint density at radius 2 is 1.96 bits per heavy atom. The van der Waals surface area contributed by atoms with Gasteiger partial charge in [-0.25, -0.2) is 0 Å². The number of nitrogens with one attached hydrogen (secondary N) is 1. The molecule has 0 aliphatic carbocycles. The SMILES string of the molecule is CCn1ncc(NC(=O)c2c(C)nn(C)c2C)c1C(=O)N1CCOCC1. The molecular formula is C17H24N6O3. The first-order valence-electron chi connectivity index (χ1n) is 8.68. The van der Waals surface area contributed by atoms with Crippen molar-refractivity contribution in [2.24, 2.45) is 7.05 Å². The van der Waals surface area contributed by atoms with Crippen LogP contribution in [0.3, 0.4) is 0 Å². The van der Waals surface area contributed by atoms with Crippen LogP contribution >= 0.6 is 0 Å². The van der Waals surface area contributed by atoms with Gasteiger partial charge >= 0.3 is 0 Å². The van der Waals surface area contributed by atoms with Crippen LogP contribution < -0.4 is 5.32 Å². The molecule has 9 heteroatoms. The number of hydrogen-bond donors (Lipinski definition) is 1. The minimum Gasteiger partial charge on any atom is -0.378 e. The van der Waals surface area contributed by atoms with E-state index in [0.29, 0.717) is 55.5 Å². The Balaban J connectivity index is 1.89. The quantitative estimate of drug-likeness (QED) is 0.877. The van der Waals surface area contributed by atoms with Gasteiger partial charge in [0.05, 0.1) is 36.4 Å². The van der Waals surface area contributed by atoms with E-state index < -0.39 is 0 Å². The van der Waals surface area contributed by atoms with Crippen LogP contribution in [0.4, 0.5) is 5.69 Å². The van der Waals surface area contributed by atoms with Gasteiger partial charge in [-0.2, -0.15) is 10.2 Å². The second kappa shape index (κ2) is 7.28. The molecule has 0 aromatic carbocycles. The minimum atomic E-state index is -0.292. The van der Waals surface area contributed by atoms with Crippen LogP contribution in [0.5, 0.6) is 0 Å². The number of nitrogens with zero attached hydrogens (tertiary/aromatic N) is 5. The molecule has 9 nitrogen and oxygen atoms in total. The molecule has 0 spiro atoms. The molecule has 2 amide bonds. The van der Waals surface area contributed by atoms with Crippen molar-refractivity contribution in [2.75, 3.05) is 31.6 Å². The normalized spacial score (nSPS) is 14.5. The molecule has 0 bridgehead atoms. The first-order valence-corrected chi connectivity index (χ1v) is 8.68. The van der Waals surface area contributed by atoms with E-state index in [1.165, 1.54) is 6.20 Å². The van der Waals surface area contributed by atoms with Crippen LogP contribution in [0.1, 0.15) is 39.2 Å². The highest BCUT2D eigenvalue weighted by Gasteiger charge is 2.27. The first-order chi connectivity index (χ1) is 12.4. The lowest BCUT2D eigenvalue weighted by Crippen LogP contribution is -2.41. The van der Waals surface area contributed by atoms with E-state index in [2.05, 4.69) is 15.5 Å². The van der Waals surface area contributed by atoms with Crippen LogP contribution in [0.25, 0.3) is 0 Å². The molecule has 0 atom stereocenters. The number of morpholine rings is 1. The highest BCUT2D eigenvalue weighted by molar-refractivity contribution is 6.09. The minimum absolute atomic E-state index is 0.150. The molecule has 2 aromatic rings. The third kappa shape index (κ3) is 3.22. The van der Waals surface area contributed by atoms with Crippen LogP contribution in [0, 0.1) is 13.8 Å². The summed E-state index contributed by atoms with van der Waals surface area (Å²) in [6.07, 6.45) is 1.52. The van der Waals surface area contributed by atoms with Gasteiger partial charge in [-0.15, -0.1) is 0 Å². The van der Waals surface area contributed by atoms with Crippen LogP contribution in [0.15, 0.2) is 6.20 Å². The number of rotatable bonds is 4. The average molecular weight is 360 g/mol. The van der Waals surface area contributed by atoms with Gasteiger partial charge in [0.15, 0.2) is 0 Å². The van der Waals surface area contributed by atoms with Crippen molar-refractivity contribution >= 4 is 17.5 Å². The maximum Gasteiger partial charge on any atom is 0.274 e. The Morgan fingerprint density at radius 1 is 1.27 bits per heavy atom. The van der Waals surface area contributed by atoms with E-state index in [-0.39, 0.29) is 11.8 Å². The Bertz CT molecular complexity index is 832. The van der Waals surface area contributed by atoms with Gasteiger partial charge in [0.2, 0.25) is 0 Å². The van der Waals surface area contributed by atoms with E-state index in [1.807, 2.05) is 13.8 Å². The number of hydrogen-bond acceptors (Lipinski definition) is 5. The number of carbonyl (C=O) groups excluding carboxylic acids is 2. The molecule has 1 fully saturated rings. The smallest absolute Gasteiger partial charge is 0.274 e. The molecule has 3 heterocycles. The summed E-state index contributed by atoms with van der Waals surface area (Å²) >= 11 is 0. The Morgan fingerprint density at radius 3 is 2.54 bits per heavy atom. The van der Waals surface area contributed by atoms with Crippen LogP contribution in [0.2, 0.25) is 0 Å². The van der Waals surface area contributed by atoms with Crippen molar-refractivity contribution in [3.8, 4) is 0 Å². The lowest BCUT2D eigenvalue weighted by molar-refractivity contribution is 0.0295. The summed E-state index contributed by atoms with van der Waals surface area (Å²) in [5.41, 5.74) is 2.73. The van der Waals surface area contributed by atoms with E-state index in [9.17, 15) is 9.59 Å². The maximum atomic E-state index is 13.0.